The van der Waals surface area contributed by atoms with Crippen LogP contribution in [0.25, 0.3) is 11.4 Å². The van der Waals surface area contributed by atoms with E-state index in [-0.39, 0.29) is 23.1 Å². The Morgan fingerprint density at radius 1 is 1.20 bits per heavy atom. The smallest absolute Gasteiger partial charge is 0.233 e. The zero-order chi connectivity index (χ0) is 20.7. The molecule has 1 aliphatic carbocycles. The molecule has 2 fully saturated rings. The van der Waals surface area contributed by atoms with Crippen LogP contribution >= 0.6 is 15.9 Å². The van der Waals surface area contributed by atoms with Gasteiger partial charge in [-0.2, -0.15) is 4.98 Å². The van der Waals surface area contributed by atoms with Crippen LogP contribution in [0.5, 0.6) is 0 Å². The third kappa shape index (κ3) is 3.55. The van der Waals surface area contributed by atoms with Crippen LogP contribution in [0.1, 0.15) is 43.1 Å². The highest BCUT2D eigenvalue weighted by Gasteiger charge is 2.53. The van der Waals surface area contributed by atoms with Gasteiger partial charge in [0.1, 0.15) is 5.82 Å². The molecule has 5 rings (SSSR count). The van der Waals surface area contributed by atoms with Gasteiger partial charge in [0.15, 0.2) is 0 Å². The first-order valence-corrected chi connectivity index (χ1v) is 11.0. The second-order valence-electron chi connectivity index (χ2n) is 8.15. The number of piperidine rings is 1. The highest BCUT2D eigenvalue weighted by molar-refractivity contribution is 9.10. The van der Waals surface area contributed by atoms with Gasteiger partial charge in [0.05, 0.1) is 11.3 Å². The van der Waals surface area contributed by atoms with Crippen molar-refractivity contribution < 1.29 is 13.7 Å². The summed E-state index contributed by atoms with van der Waals surface area (Å²) >= 11 is 3.52. The number of halogens is 2. The number of benzene rings is 2. The van der Waals surface area contributed by atoms with E-state index in [2.05, 4.69) is 32.1 Å². The van der Waals surface area contributed by atoms with Crippen molar-refractivity contribution >= 4 is 21.8 Å². The van der Waals surface area contributed by atoms with Crippen molar-refractivity contribution in [2.45, 2.75) is 37.0 Å². The quantitative estimate of drug-likeness (QED) is 0.534. The van der Waals surface area contributed by atoms with Crippen molar-refractivity contribution in [3.8, 4) is 11.4 Å². The standard InChI is InChI=1S/C23H21BrFN3O2/c24-18-5-1-4-17(13-18)23(10-11-23)22(29)28-12-2-3-16(14-28)21-26-20(27-30-21)15-6-8-19(25)9-7-15/h1,4-9,13,16H,2-3,10-12,14H2/t16-/m0/s1. The molecule has 30 heavy (non-hydrogen) atoms. The summed E-state index contributed by atoms with van der Waals surface area (Å²) in [5.41, 5.74) is 1.40. The monoisotopic (exact) mass is 469 g/mol. The number of nitrogens with zero attached hydrogens (tertiary/aromatic N) is 3. The Hall–Kier alpha value is -2.54. The molecule has 154 valence electrons. The average Bonchev–Trinajstić information content (AvgIpc) is 3.44. The van der Waals surface area contributed by atoms with Crippen LogP contribution in [0.4, 0.5) is 4.39 Å². The number of hydrogen-bond acceptors (Lipinski definition) is 4. The van der Waals surface area contributed by atoms with Crippen LogP contribution in [0.15, 0.2) is 57.5 Å². The first kappa shape index (κ1) is 19.4. The molecule has 1 aliphatic heterocycles. The minimum Gasteiger partial charge on any atom is -0.341 e. The molecule has 2 aromatic carbocycles. The van der Waals surface area contributed by atoms with Crippen molar-refractivity contribution in [3.63, 3.8) is 0 Å². The second kappa shape index (κ2) is 7.61. The lowest BCUT2D eigenvalue weighted by Gasteiger charge is -2.34. The van der Waals surface area contributed by atoms with Crippen molar-refractivity contribution in [1.82, 2.24) is 15.0 Å². The van der Waals surface area contributed by atoms with Gasteiger partial charge in [-0.3, -0.25) is 4.79 Å². The van der Waals surface area contributed by atoms with E-state index in [1.807, 2.05) is 23.1 Å². The maximum Gasteiger partial charge on any atom is 0.233 e. The number of carbonyl (C=O) groups excluding carboxylic acids is 1. The fourth-order valence-corrected chi connectivity index (χ4v) is 4.72. The molecule has 0 bridgehead atoms. The van der Waals surface area contributed by atoms with Gasteiger partial charge < -0.3 is 9.42 Å². The summed E-state index contributed by atoms with van der Waals surface area (Å²) in [6.45, 7) is 1.34. The molecule has 1 aromatic heterocycles. The zero-order valence-corrected chi connectivity index (χ0v) is 17.9. The normalized spacial score (nSPS) is 20.2. The first-order chi connectivity index (χ1) is 14.5. The predicted octanol–water partition coefficient (Wildman–Crippen LogP) is 5.08. The second-order valence-corrected chi connectivity index (χ2v) is 9.06. The summed E-state index contributed by atoms with van der Waals surface area (Å²) in [6.07, 6.45) is 3.58. The van der Waals surface area contributed by atoms with Crippen molar-refractivity contribution in [3.05, 3.63) is 70.3 Å². The summed E-state index contributed by atoms with van der Waals surface area (Å²) in [4.78, 5) is 19.9. The largest absolute Gasteiger partial charge is 0.341 e. The van der Waals surface area contributed by atoms with Gasteiger partial charge in [-0.1, -0.05) is 33.2 Å². The number of hydrogen-bond donors (Lipinski definition) is 0. The summed E-state index contributed by atoms with van der Waals surface area (Å²) < 4.78 is 19.7. The van der Waals surface area contributed by atoms with Crippen LogP contribution in [-0.2, 0) is 10.2 Å². The van der Waals surface area contributed by atoms with Crippen LogP contribution in [0, 0.1) is 5.82 Å². The fraction of sp³-hybridized carbons (Fsp3) is 0.348. The Bertz CT molecular complexity index is 1080. The van der Waals surface area contributed by atoms with Crippen molar-refractivity contribution in [2.24, 2.45) is 0 Å². The number of likely N-dealkylation sites (tertiary alicyclic amines) is 1. The van der Waals surface area contributed by atoms with Gasteiger partial charge in [-0.05, 0) is 67.6 Å². The van der Waals surface area contributed by atoms with E-state index in [1.165, 1.54) is 12.1 Å². The van der Waals surface area contributed by atoms with Gasteiger partial charge in [0, 0.05) is 23.1 Å². The maximum absolute atomic E-state index is 13.4. The highest BCUT2D eigenvalue weighted by atomic mass is 79.9. The first-order valence-electron chi connectivity index (χ1n) is 10.2. The lowest BCUT2D eigenvalue weighted by Crippen LogP contribution is -2.44. The van der Waals surface area contributed by atoms with Gasteiger partial charge in [-0.15, -0.1) is 0 Å². The van der Waals surface area contributed by atoms with Crippen LogP contribution in [-0.4, -0.2) is 34.0 Å². The summed E-state index contributed by atoms with van der Waals surface area (Å²) in [5.74, 6) is 0.898. The van der Waals surface area contributed by atoms with E-state index in [0.717, 1.165) is 42.3 Å². The van der Waals surface area contributed by atoms with Gasteiger partial charge in [0.2, 0.25) is 17.6 Å². The number of aromatic nitrogens is 2. The molecular weight excluding hydrogens is 449 g/mol. The Morgan fingerprint density at radius 3 is 2.73 bits per heavy atom. The molecule has 1 amide bonds. The minimum absolute atomic E-state index is 0.0164. The lowest BCUT2D eigenvalue weighted by molar-refractivity contribution is -0.135. The third-order valence-corrected chi connectivity index (χ3v) is 6.63. The highest BCUT2D eigenvalue weighted by Crippen LogP contribution is 2.50. The van der Waals surface area contributed by atoms with Crippen LogP contribution in [0.3, 0.4) is 0 Å². The van der Waals surface area contributed by atoms with Crippen molar-refractivity contribution in [2.75, 3.05) is 13.1 Å². The van der Waals surface area contributed by atoms with E-state index < -0.39 is 0 Å². The molecule has 0 radical (unpaired) electrons. The lowest BCUT2D eigenvalue weighted by atomic mass is 9.91. The molecule has 2 heterocycles. The molecule has 3 aromatic rings. The molecular formula is C23H21BrFN3O2. The predicted molar refractivity (Wildman–Crippen MR) is 113 cm³/mol. The van der Waals surface area contributed by atoms with Crippen LogP contribution in [0.2, 0.25) is 0 Å². The fourth-order valence-electron chi connectivity index (χ4n) is 4.32. The molecule has 1 atom stereocenters. The van der Waals surface area contributed by atoms with E-state index in [9.17, 15) is 9.18 Å². The molecule has 0 spiro atoms. The average molecular weight is 470 g/mol. The number of amides is 1. The maximum atomic E-state index is 13.4. The van der Waals surface area contributed by atoms with Crippen molar-refractivity contribution in [1.29, 1.82) is 0 Å². The molecule has 1 saturated carbocycles. The van der Waals surface area contributed by atoms with Gasteiger partial charge in [0.25, 0.3) is 0 Å². The van der Waals surface area contributed by atoms with E-state index >= 15 is 0 Å². The van der Waals surface area contributed by atoms with Gasteiger partial charge >= 0.3 is 0 Å². The van der Waals surface area contributed by atoms with Gasteiger partial charge in [-0.25, -0.2) is 4.39 Å². The zero-order valence-electron chi connectivity index (χ0n) is 16.4. The van der Waals surface area contributed by atoms with E-state index in [0.29, 0.717) is 23.8 Å². The summed E-state index contributed by atoms with van der Waals surface area (Å²) in [6, 6.07) is 14.1. The molecule has 0 unspecified atom stereocenters. The minimum atomic E-state index is -0.389. The van der Waals surface area contributed by atoms with E-state index in [1.54, 1.807) is 12.1 Å². The molecule has 0 N–H and O–H groups in total. The molecule has 2 aliphatic rings. The number of carbonyl (C=O) groups is 1. The Kier molecular flexibility index (Phi) is 4.93. The molecule has 5 nitrogen and oxygen atoms in total. The Balaban J connectivity index is 1.33. The Labute approximate surface area is 182 Å². The molecule has 7 heteroatoms. The molecule has 1 saturated heterocycles. The third-order valence-electron chi connectivity index (χ3n) is 6.14. The van der Waals surface area contributed by atoms with Crippen LogP contribution < -0.4 is 0 Å². The topological polar surface area (TPSA) is 59.2 Å². The Morgan fingerprint density at radius 2 is 2.00 bits per heavy atom. The SMILES string of the molecule is O=C(N1CCC[C@H](c2nc(-c3ccc(F)cc3)no2)C1)C1(c2cccc(Br)c2)CC1. The summed E-state index contributed by atoms with van der Waals surface area (Å²) in [5, 5.41) is 4.06. The van der Waals surface area contributed by atoms with E-state index in [4.69, 9.17) is 4.52 Å². The number of rotatable bonds is 4. The summed E-state index contributed by atoms with van der Waals surface area (Å²) in [7, 11) is 0.